The van der Waals surface area contributed by atoms with Gasteiger partial charge in [0, 0.05) is 12.6 Å². The maximum absolute atomic E-state index is 12.7. The number of hydrogen-bond acceptors (Lipinski definition) is 3. The highest BCUT2D eigenvalue weighted by atomic mass is 16.2. The summed E-state index contributed by atoms with van der Waals surface area (Å²) in [6.45, 7) is 4.14. The fourth-order valence-electron chi connectivity index (χ4n) is 2.73. The lowest BCUT2D eigenvalue weighted by Crippen LogP contribution is -2.29. The zero-order valence-corrected chi connectivity index (χ0v) is 14.8. The first-order valence-electron chi connectivity index (χ1n) is 8.41. The molecule has 128 valence electrons. The number of aryl methyl sites for hydroxylation is 1. The molecule has 5 heteroatoms. The molecule has 0 N–H and O–H groups in total. The van der Waals surface area contributed by atoms with Gasteiger partial charge in [-0.15, -0.1) is 0 Å². The second kappa shape index (κ2) is 7.30. The van der Waals surface area contributed by atoms with Crippen LogP contribution in [-0.4, -0.2) is 32.6 Å². The largest absolute Gasteiger partial charge is 0.335 e. The molecule has 0 saturated carbocycles. The van der Waals surface area contributed by atoms with E-state index in [1.165, 1.54) is 11.9 Å². The van der Waals surface area contributed by atoms with E-state index in [0.717, 1.165) is 17.7 Å². The summed E-state index contributed by atoms with van der Waals surface area (Å²) in [6, 6.07) is 15.8. The van der Waals surface area contributed by atoms with Crippen molar-refractivity contribution in [3.05, 3.63) is 77.9 Å². The number of aromatic nitrogens is 3. The number of carbonyl (C=O) groups excluding carboxylic acids is 1. The smallest absolute Gasteiger partial charge is 0.254 e. The van der Waals surface area contributed by atoms with Crippen LogP contribution in [0.15, 0.2) is 61.2 Å². The van der Waals surface area contributed by atoms with Crippen molar-refractivity contribution in [3.63, 3.8) is 0 Å². The standard InChI is InChI=1S/C20H22N4O/c1-4-16-5-7-18(8-6-16)20(25)23(3)15(2)17-9-11-19(12-10-17)24-14-21-13-22-24/h5-15H,4H2,1-3H3/t15-/m0/s1. The van der Waals surface area contributed by atoms with E-state index < -0.39 is 0 Å². The highest BCUT2D eigenvalue weighted by Crippen LogP contribution is 2.22. The van der Waals surface area contributed by atoms with Crippen molar-refractivity contribution in [2.24, 2.45) is 0 Å². The summed E-state index contributed by atoms with van der Waals surface area (Å²) in [7, 11) is 1.84. The van der Waals surface area contributed by atoms with Gasteiger partial charge in [-0.05, 0) is 48.7 Å². The quantitative estimate of drug-likeness (QED) is 0.715. The van der Waals surface area contributed by atoms with Crippen molar-refractivity contribution in [2.45, 2.75) is 26.3 Å². The summed E-state index contributed by atoms with van der Waals surface area (Å²) in [5, 5.41) is 4.12. The van der Waals surface area contributed by atoms with E-state index in [-0.39, 0.29) is 11.9 Å². The van der Waals surface area contributed by atoms with Crippen LogP contribution in [0.3, 0.4) is 0 Å². The first kappa shape index (κ1) is 16.9. The zero-order chi connectivity index (χ0) is 17.8. The molecule has 0 unspecified atom stereocenters. The molecule has 1 atom stereocenters. The van der Waals surface area contributed by atoms with E-state index in [9.17, 15) is 4.79 Å². The van der Waals surface area contributed by atoms with Crippen molar-refractivity contribution in [1.82, 2.24) is 19.7 Å². The van der Waals surface area contributed by atoms with Crippen LogP contribution in [-0.2, 0) is 6.42 Å². The van der Waals surface area contributed by atoms with Crippen molar-refractivity contribution in [1.29, 1.82) is 0 Å². The van der Waals surface area contributed by atoms with Crippen molar-refractivity contribution >= 4 is 5.91 Å². The lowest BCUT2D eigenvalue weighted by Gasteiger charge is -2.25. The maximum Gasteiger partial charge on any atom is 0.254 e. The number of amides is 1. The van der Waals surface area contributed by atoms with Gasteiger partial charge in [0.25, 0.3) is 5.91 Å². The first-order chi connectivity index (χ1) is 12.1. The van der Waals surface area contributed by atoms with Crippen LogP contribution in [0.25, 0.3) is 5.69 Å². The van der Waals surface area contributed by atoms with Gasteiger partial charge in [-0.25, -0.2) is 9.67 Å². The second-order valence-electron chi connectivity index (χ2n) is 6.07. The van der Waals surface area contributed by atoms with E-state index in [1.54, 1.807) is 15.9 Å². The predicted octanol–water partition coefficient (Wildman–Crippen LogP) is 3.66. The Hall–Kier alpha value is -2.95. The Morgan fingerprint density at radius 2 is 1.80 bits per heavy atom. The van der Waals surface area contributed by atoms with Crippen molar-refractivity contribution < 1.29 is 4.79 Å². The van der Waals surface area contributed by atoms with Gasteiger partial charge in [0.1, 0.15) is 12.7 Å². The van der Waals surface area contributed by atoms with Crippen molar-refractivity contribution in [2.75, 3.05) is 7.05 Å². The molecule has 0 bridgehead atoms. The molecular formula is C20H22N4O. The van der Waals surface area contributed by atoms with Crippen LogP contribution in [0.5, 0.6) is 0 Å². The molecule has 0 spiro atoms. The SMILES string of the molecule is CCc1ccc(C(=O)N(C)[C@@H](C)c2ccc(-n3cncn3)cc2)cc1. The van der Waals surface area contributed by atoms with Crippen LogP contribution >= 0.6 is 0 Å². The van der Waals surface area contributed by atoms with Gasteiger partial charge in [0.05, 0.1) is 11.7 Å². The molecule has 0 aliphatic heterocycles. The van der Waals surface area contributed by atoms with E-state index in [4.69, 9.17) is 0 Å². The summed E-state index contributed by atoms with van der Waals surface area (Å²) in [5.41, 5.74) is 3.96. The molecule has 1 aromatic heterocycles. The third-order valence-electron chi connectivity index (χ3n) is 4.57. The van der Waals surface area contributed by atoms with Crippen molar-refractivity contribution in [3.8, 4) is 5.69 Å². The monoisotopic (exact) mass is 334 g/mol. The van der Waals surface area contributed by atoms with Gasteiger partial charge in [-0.1, -0.05) is 31.2 Å². The predicted molar refractivity (Wildman–Crippen MR) is 97.7 cm³/mol. The fourth-order valence-corrected chi connectivity index (χ4v) is 2.73. The van der Waals surface area contributed by atoms with Gasteiger partial charge in [0.2, 0.25) is 0 Å². The number of rotatable bonds is 5. The summed E-state index contributed by atoms with van der Waals surface area (Å²) in [5.74, 6) is 0.0236. The number of hydrogen-bond donors (Lipinski definition) is 0. The molecule has 0 fully saturated rings. The average molecular weight is 334 g/mol. The Bertz CT molecular complexity index is 823. The lowest BCUT2D eigenvalue weighted by atomic mass is 10.0. The van der Waals surface area contributed by atoms with Gasteiger partial charge < -0.3 is 4.90 Å². The molecule has 3 rings (SSSR count). The molecule has 0 saturated heterocycles. The molecule has 0 radical (unpaired) electrons. The normalized spacial score (nSPS) is 12.0. The summed E-state index contributed by atoms with van der Waals surface area (Å²) in [4.78, 5) is 18.4. The molecule has 25 heavy (non-hydrogen) atoms. The van der Waals surface area contributed by atoms with Gasteiger partial charge in [-0.2, -0.15) is 5.10 Å². The minimum atomic E-state index is -0.0249. The third kappa shape index (κ3) is 3.60. The first-order valence-corrected chi connectivity index (χ1v) is 8.41. The number of carbonyl (C=O) groups is 1. The molecule has 1 heterocycles. The molecule has 0 aliphatic carbocycles. The molecule has 1 amide bonds. The summed E-state index contributed by atoms with van der Waals surface area (Å²) >= 11 is 0. The Morgan fingerprint density at radius 1 is 1.12 bits per heavy atom. The van der Waals surface area contributed by atoms with Gasteiger partial charge in [0.15, 0.2) is 0 Å². The highest BCUT2D eigenvalue weighted by Gasteiger charge is 2.19. The zero-order valence-electron chi connectivity index (χ0n) is 14.8. The molecule has 0 aliphatic rings. The van der Waals surface area contributed by atoms with Crippen LogP contribution in [0.1, 0.15) is 41.4 Å². The lowest BCUT2D eigenvalue weighted by molar-refractivity contribution is 0.0742. The molecule has 3 aromatic rings. The molecule has 2 aromatic carbocycles. The van der Waals surface area contributed by atoms with E-state index in [2.05, 4.69) is 17.0 Å². The topological polar surface area (TPSA) is 51.0 Å². The van der Waals surface area contributed by atoms with E-state index in [0.29, 0.717) is 5.56 Å². The van der Waals surface area contributed by atoms with Crippen LogP contribution in [0.4, 0.5) is 0 Å². The second-order valence-corrected chi connectivity index (χ2v) is 6.07. The Kier molecular flexibility index (Phi) is 4.93. The maximum atomic E-state index is 12.7. The van der Waals surface area contributed by atoms with Crippen LogP contribution in [0.2, 0.25) is 0 Å². The van der Waals surface area contributed by atoms with Crippen LogP contribution in [0, 0.1) is 0 Å². The van der Waals surface area contributed by atoms with E-state index >= 15 is 0 Å². The fraction of sp³-hybridized carbons (Fsp3) is 0.250. The van der Waals surface area contributed by atoms with E-state index in [1.807, 2.05) is 62.5 Å². The minimum Gasteiger partial charge on any atom is -0.335 e. The minimum absolute atomic E-state index is 0.0236. The summed E-state index contributed by atoms with van der Waals surface area (Å²) in [6.07, 6.45) is 4.14. The number of benzene rings is 2. The molecular weight excluding hydrogens is 312 g/mol. The Morgan fingerprint density at radius 3 is 2.36 bits per heavy atom. The molecule has 5 nitrogen and oxygen atoms in total. The highest BCUT2D eigenvalue weighted by molar-refractivity contribution is 5.94. The average Bonchev–Trinajstić information content (AvgIpc) is 3.21. The van der Waals surface area contributed by atoms with Crippen LogP contribution < -0.4 is 0 Å². The third-order valence-corrected chi connectivity index (χ3v) is 4.57. The van der Waals surface area contributed by atoms with Gasteiger partial charge in [-0.3, -0.25) is 4.79 Å². The Balaban J connectivity index is 1.74. The van der Waals surface area contributed by atoms with Gasteiger partial charge >= 0.3 is 0 Å². The summed E-state index contributed by atoms with van der Waals surface area (Å²) < 4.78 is 1.71. The number of nitrogens with zero attached hydrogens (tertiary/aromatic N) is 4. The Labute approximate surface area is 147 Å².